The molecule has 21 heavy (non-hydrogen) atoms. The lowest BCUT2D eigenvalue weighted by Crippen LogP contribution is -2.33. The standard InChI is InChI=1S/C15H20N4O2/c1-9(2)14-18-12-5-4-11(8-13(12)19-14)15(21)17-7-6-16-10(3)20/h4-5,8-9H,6-7H2,1-3H3,(H,16,20)(H,17,21)(H,18,19). The smallest absolute Gasteiger partial charge is 0.251 e. The molecule has 0 bridgehead atoms. The maximum absolute atomic E-state index is 12.0. The van der Waals surface area contributed by atoms with Crippen LogP contribution in [-0.2, 0) is 4.79 Å². The highest BCUT2D eigenvalue weighted by atomic mass is 16.2. The van der Waals surface area contributed by atoms with Crippen LogP contribution in [0.2, 0.25) is 0 Å². The molecule has 0 saturated heterocycles. The Balaban J connectivity index is 2.04. The van der Waals surface area contributed by atoms with Gasteiger partial charge in [0, 0.05) is 31.5 Å². The van der Waals surface area contributed by atoms with Crippen molar-refractivity contribution >= 4 is 22.8 Å². The minimum atomic E-state index is -0.164. The number of imidazole rings is 1. The van der Waals surface area contributed by atoms with Crippen molar-refractivity contribution < 1.29 is 9.59 Å². The number of carbonyl (C=O) groups excluding carboxylic acids is 2. The molecule has 0 aliphatic carbocycles. The van der Waals surface area contributed by atoms with Crippen LogP contribution in [0, 0.1) is 0 Å². The predicted molar refractivity (Wildman–Crippen MR) is 81.2 cm³/mol. The number of hydrogen-bond donors (Lipinski definition) is 3. The Hall–Kier alpha value is -2.37. The number of fused-ring (bicyclic) bond motifs is 1. The van der Waals surface area contributed by atoms with Gasteiger partial charge in [0.25, 0.3) is 5.91 Å². The zero-order valence-corrected chi connectivity index (χ0v) is 12.5. The van der Waals surface area contributed by atoms with Crippen LogP contribution in [0.5, 0.6) is 0 Å². The minimum Gasteiger partial charge on any atom is -0.355 e. The van der Waals surface area contributed by atoms with Crippen LogP contribution in [0.25, 0.3) is 11.0 Å². The van der Waals surface area contributed by atoms with Crippen molar-refractivity contribution in [2.75, 3.05) is 13.1 Å². The number of nitrogens with zero attached hydrogens (tertiary/aromatic N) is 1. The number of rotatable bonds is 5. The molecule has 0 radical (unpaired) electrons. The number of nitrogens with one attached hydrogen (secondary N) is 3. The van der Waals surface area contributed by atoms with Gasteiger partial charge in [0.2, 0.25) is 5.91 Å². The van der Waals surface area contributed by atoms with Crippen molar-refractivity contribution in [1.29, 1.82) is 0 Å². The number of hydrogen-bond acceptors (Lipinski definition) is 3. The summed E-state index contributed by atoms with van der Waals surface area (Å²) in [5.41, 5.74) is 2.28. The fourth-order valence-electron chi connectivity index (χ4n) is 1.96. The predicted octanol–water partition coefficient (Wildman–Crippen LogP) is 1.55. The molecule has 6 heteroatoms. The first-order valence-electron chi connectivity index (χ1n) is 6.99. The molecule has 6 nitrogen and oxygen atoms in total. The molecule has 2 amide bonds. The third-order valence-electron chi connectivity index (χ3n) is 3.09. The maximum Gasteiger partial charge on any atom is 0.251 e. The molecule has 0 aliphatic heterocycles. The number of benzene rings is 1. The molecule has 1 aromatic heterocycles. The Kier molecular flexibility index (Phi) is 4.57. The van der Waals surface area contributed by atoms with Gasteiger partial charge in [0.15, 0.2) is 0 Å². The van der Waals surface area contributed by atoms with Gasteiger partial charge in [0.05, 0.1) is 11.0 Å². The Bertz CT molecular complexity index is 661. The van der Waals surface area contributed by atoms with Gasteiger partial charge >= 0.3 is 0 Å². The quantitative estimate of drug-likeness (QED) is 0.730. The monoisotopic (exact) mass is 288 g/mol. The topological polar surface area (TPSA) is 86.9 Å². The van der Waals surface area contributed by atoms with Gasteiger partial charge in [-0.3, -0.25) is 9.59 Å². The highest BCUT2D eigenvalue weighted by Crippen LogP contribution is 2.18. The molecule has 2 rings (SSSR count). The van der Waals surface area contributed by atoms with Gasteiger partial charge in [-0.15, -0.1) is 0 Å². The van der Waals surface area contributed by atoms with Gasteiger partial charge < -0.3 is 15.6 Å². The average molecular weight is 288 g/mol. The summed E-state index contributed by atoms with van der Waals surface area (Å²) in [5.74, 6) is 0.952. The van der Waals surface area contributed by atoms with E-state index in [1.807, 2.05) is 6.07 Å². The number of aromatic nitrogens is 2. The van der Waals surface area contributed by atoms with Crippen molar-refractivity contribution in [3.8, 4) is 0 Å². The van der Waals surface area contributed by atoms with E-state index in [1.165, 1.54) is 6.92 Å². The SMILES string of the molecule is CC(=O)NCCNC(=O)c1ccc2nc(C(C)C)[nH]c2c1. The van der Waals surface area contributed by atoms with E-state index in [4.69, 9.17) is 0 Å². The van der Waals surface area contributed by atoms with Crippen LogP contribution in [0.15, 0.2) is 18.2 Å². The Morgan fingerprint density at radius 3 is 2.62 bits per heavy atom. The number of H-pyrrole nitrogens is 1. The lowest BCUT2D eigenvalue weighted by atomic mass is 10.2. The van der Waals surface area contributed by atoms with Crippen LogP contribution in [0.3, 0.4) is 0 Å². The van der Waals surface area contributed by atoms with Crippen molar-refractivity contribution in [3.05, 3.63) is 29.6 Å². The molecule has 0 aliphatic rings. The second-order valence-corrected chi connectivity index (χ2v) is 5.25. The molecule has 0 fully saturated rings. The van der Waals surface area contributed by atoms with Crippen LogP contribution in [0.1, 0.15) is 42.9 Å². The second kappa shape index (κ2) is 6.39. The Morgan fingerprint density at radius 2 is 1.95 bits per heavy atom. The van der Waals surface area contributed by atoms with E-state index in [0.29, 0.717) is 24.6 Å². The first-order valence-corrected chi connectivity index (χ1v) is 6.99. The number of carbonyl (C=O) groups is 2. The summed E-state index contributed by atoms with van der Waals surface area (Å²) in [6.45, 7) is 6.39. The molecule has 0 atom stereocenters. The Morgan fingerprint density at radius 1 is 1.24 bits per heavy atom. The van der Waals surface area contributed by atoms with Crippen LogP contribution in [0.4, 0.5) is 0 Å². The maximum atomic E-state index is 12.0. The van der Waals surface area contributed by atoms with Crippen molar-refractivity contribution in [2.24, 2.45) is 0 Å². The first-order chi connectivity index (χ1) is 9.97. The van der Waals surface area contributed by atoms with Crippen molar-refractivity contribution in [1.82, 2.24) is 20.6 Å². The molecular weight excluding hydrogens is 268 g/mol. The fourth-order valence-corrected chi connectivity index (χ4v) is 1.96. The van der Waals surface area contributed by atoms with Gasteiger partial charge in [-0.2, -0.15) is 0 Å². The molecule has 1 heterocycles. The van der Waals surface area contributed by atoms with E-state index < -0.39 is 0 Å². The van der Waals surface area contributed by atoms with Crippen LogP contribution < -0.4 is 10.6 Å². The highest BCUT2D eigenvalue weighted by molar-refractivity contribution is 5.97. The van der Waals surface area contributed by atoms with E-state index in [-0.39, 0.29) is 11.8 Å². The average Bonchev–Trinajstić information content (AvgIpc) is 2.86. The van der Waals surface area contributed by atoms with Gasteiger partial charge in [-0.25, -0.2) is 4.98 Å². The van der Waals surface area contributed by atoms with E-state index in [9.17, 15) is 9.59 Å². The van der Waals surface area contributed by atoms with Crippen LogP contribution in [-0.4, -0.2) is 34.9 Å². The lowest BCUT2D eigenvalue weighted by molar-refractivity contribution is -0.118. The Labute approximate surface area is 123 Å². The van der Waals surface area contributed by atoms with Crippen molar-refractivity contribution in [3.63, 3.8) is 0 Å². The fraction of sp³-hybridized carbons (Fsp3) is 0.400. The molecule has 112 valence electrons. The molecule has 0 spiro atoms. The van der Waals surface area contributed by atoms with E-state index in [0.717, 1.165) is 16.9 Å². The summed E-state index contributed by atoms with van der Waals surface area (Å²) in [7, 11) is 0. The molecule has 2 aromatic rings. The molecular formula is C15H20N4O2. The van der Waals surface area contributed by atoms with E-state index in [1.54, 1.807) is 12.1 Å². The third kappa shape index (κ3) is 3.81. The largest absolute Gasteiger partial charge is 0.355 e. The van der Waals surface area contributed by atoms with Gasteiger partial charge in [-0.1, -0.05) is 13.8 Å². The number of aromatic amines is 1. The lowest BCUT2D eigenvalue weighted by Gasteiger charge is -2.05. The van der Waals surface area contributed by atoms with Gasteiger partial charge in [0.1, 0.15) is 5.82 Å². The zero-order chi connectivity index (χ0) is 15.4. The summed E-state index contributed by atoms with van der Waals surface area (Å²) < 4.78 is 0. The van der Waals surface area contributed by atoms with E-state index >= 15 is 0 Å². The van der Waals surface area contributed by atoms with E-state index in [2.05, 4.69) is 34.4 Å². The summed E-state index contributed by atoms with van der Waals surface area (Å²) in [4.78, 5) is 30.4. The minimum absolute atomic E-state index is 0.107. The highest BCUT2D eigenvalue weighted by Gasteiger charge is 2.10. The third-order valence-corrected chi connectivity index (χ3v) is 3.09. The van der Waals surface area contributed by atoms with Crippen molar-refractivity contribution in [2.45, 2.75) is 26.7 Å². The summed E-state index contributed by atoms with van der Waals surface area (Å²) in [6, 6.07) is 5.38. The van der Waals surface area contributed by atoms with Crippen LogP contribution >= 0.6 is 0 Å². The summed E-state index contributed by atoms with van der Waals surface area (Å²) in [5, 5.41) is 5.39. The van der Waals surface area contributed by atoms with Gasteiger partial charge in [-0.05, 0) is 18.2 Å². The second-order valence-electron chi connectivity index (χ2n) is 5.25. The molecule has 1 aromatic carbocycles. The first kappa shape index (κ1) is 15.0. The normalized spacial score (nSPS) is 10.9. The zero-order valence-electron chi connectivity index (χ0n) is 12.5. The molecule has 0 unspecified atom stereocenters. The summed E-state index contributed by atoms with van der Waals surface area (Å²) in [6.07, 6.45) is 0. The molecule has 0 saturated carbocycles. The summed E-state index contributed by atoms with van der Waals surface area (Å²) >= 11 is 0. The molecule has 3 N–H and O–H groups in total. The number of amides is 2.